The summed E-state index contributed by atoms with van der Waals surface area (Å²) >= 11 is 0. The average molecular weight is 293 g/mol. The lowest BCUT2D eigenvalue weighted by Gasteiger charge is -2.26. The van der Waals surface area contributed by atoms with E-state index in [2.05, 4.69) is 17.2 Å². The number of nitrogens with zero attached hydrogens (tertiary/aromatic N) is 2. The smallest absolute Gasteiger partial charge is 0.341 e. The summed E-state index contributed by atoms with van der Waals surface area (Å²) in [5.41, 5.74) is 0.874. The molecule has 1 saturated heterocycles. The third-order valence-electron chi connectivity index (χ3n) is 3.25. The molecule has 21 heavy (non-hydrogen) atoms. The van der Waals surface area contributed by atoms with Gasteiger partial charge in [-0.15, -0.1) is 0 Å². The maximum atomic E-state index is 12.0. The van der Waals surface area contributed by atoms with Crippen molar-refractivity contribution >= 4 is 6.03 Å². The molecule has 0 aromatic carbocycles. The fraction of sp³-hybridized carbons (Fsp3) is 0.600. The molecule has 1 N–H and O–H groups in total. The minimum absolute atomic E-state index is 0.210. The van der Waals surface area contributed by atoms with Gasteiger partial charge in [-0.1, -0.05) is 19.4 Å². The SMILES string of the molecule is CCCCOc1ncccc1CNC(=O)N1CCCCO1. The van der Waals surface area contributed by atoms with Gasteiger partial charge in [0.05, 0.1) is 19.8 Å². The van der Waals surface area contributed by atoms with Crippen LogP contribution in [0.15, 0.2) is 18.3 Å². The van der Waals surface area contributed by atoms with Crippen LogP contribution >= 0.6 is 0 Å². The van der Waals surface area contributed by atoms with Crippen LogP contribution in [0.1, 0.15) is 38.2 Å². The number of unbranched alkanes of at least 4 members (excludes halogenated alkanes) is 1. The molecule has 6 heteroatoms. The highest BCUT2D eigenvalue weighted by Crippen LogP contribution is 2.15. The second kappa shape index (κ2) is 8.46. The lowest BCUT2D eigenvalue weighted by Crippen LogP contribution is -2.42. The number of carbonyl (C=O) groups is 1. The number of nitrogens with one attached hydrogen (secondary N) is 1. The van der Waals surface area contributed by atoms with Gasteiger partial charge in [-0.3, -0.25) is 4.84 Å². The highest BCUT2D eigenvalue weighted by Gasteiger charge is 2.17. The van der Waals surface area contributed by atoms with E-state index >= 15 is 0 Å². The van der Waals surface area contributed by atoms with Crippen LogP contribution in [0.5, 0.6) is 5.88 Å². The first-order valence-electron chi connectivity index (χ1n) is 7.56. The molecule has 0 atom stereocenters. The molecule has 0 spiro atoms. The van der Waals surface area contributed by atoms with E-state index in [4.69, 9.17) is 9.57 Å². The number of pyridine rings is 1. The maximum absolute atomic E-state index is 12.0. The minimum Gasteiger partial charge on any atom is -0.477 e. The van der Waals surface area contributed by atoms with Crippen molar-refractivity contribution < 1.29 is 14.4 Å². The van der Waals surface area contributed by atoms with Crippen LogP contribution in [0.2, 0.25) is 0 Å². The van der Waals surface area contributed by atoms with Crippen molar-refractivity contribution in [3.8, 4) is 5.88 Å². The Balaban J connectivity index is 1.85. The fourth-order valence-corrected chi connectivity index (χ4v) is 2.02. The number of urea groups is 1. The van der Waals surface area contributed by atoms with Gasteiger partial charge >= 0.3 is 6.03 Å². The molecule has 0 radical (unpaired) electrons. The molecule has 0 unspecified atom stereocenters. The Morgan fingerprint density at radius 2 is 2.43 bits per heavy atom. The molecule has 2 heterocycles. The van der Waals surface area contributed by atoms with Gasteiger partial charge in [-0.25, -0.2) is 14.8 Å². The van der Waals surface area contributed by atoms with Crippen LogP contribution in [0.3, 0.4) is 0 Å². The Labute approximate surface area is 125 Å². The van der Waals surface area contributed by atoms with Crippen molar-refractivity contribution in [3.63, 3.8) is 0 Å². The molecule has 1 aliphatic heterocycles. The number of amides is 2. The summed E-state index contributed by atoms with van der Waals surface area (Å²) in [5, 5.41) is 4.23. The van der Waals surface area contributed by atoms with Crippen LogP contribution < -0.4 is 10.1 Å². The lowest BCUT2D eigenvalue weighted by molar-refractivity contribution is -0.139. The predicted octanol–water partition coefficient (Wildman–Crippen LogP) is 2.50. The zero-order chi connectivity index (χ0) is 14.9. The van der Waals surface area contributed by atoms with Crippen LogP contribution in [0.25, 0.3) is 0 Å². The van der Waals surface area contributed by atoms with Gasteiger partial charge in [0.25, 0.3) is 0 Å². The van der Waals surface area contributed by atoms with Gasteiger partial charge in [0.1, 0.15) is 0 Å². The first-order valence-corrected chi connectivity index (χ1v) is 7.56. The lowest BCUT2D eigenvalue weighted by atomic mass is 10.2. The minimum atomic E-state index is -0.210. The number of hydroxylamine groups is 2. The van der Waals surface area contributed by atoms with Gasteiger partial charge < -0.3 is 10.1 Å². The molecule has 1 aromatic heterocycles. The normalized spacial score (nSPS) is 14.8. The summed E-state index contributed by atoms with van der Waals surface area (Å²) in [6.07, 6.45) is 5.74. The van der Waals surface area contributed by atoms with Gasteiger partial charge in [0.2, 0.25) is 5.88 Å². The van der Waals surface area contributed by atoms with E-state index in [-0.39, 0.29) is 6.03 Å². The Hall–Kier alpha value is -1.82. The first kappa shape index (κ1) is 15.6. The van der Waals surface area contributed by atoms with E-state index in [0.29, 0.717) is 32.2 Å². The second-order valence-corrected chi connectivity index (χ2v) is 4.97. The summed E-state index contributed by atoms with van der Waals surface area (Å²) in [6, 6.07) is 3.54. The van der Waals surface area contributed by atoms with Crippen LogP contribution in [0.4, 0.5) is 4.79 Å². The van der Waals surface area contributed by atoms with Crippen molar-refractivity contribution in [2.75, 3.05) is 19.8 Å². The molecule has 1 fully saturated rings. The quantitative estimate of drug-likeness (QED) is 0.819. The molecule has 0 aliphatic carbocycles. The van der Waals surface area contributed by atoms with Gasteiger partial charge in [-0.05, 0) is 25.3 Å². The van der Waals surface area contributed by atoms with Gasteiger partial charge in [0, 0.05) is 18.3 Å². The number of rotatable bonds is 6. The Morgan fingerprint density at radius 1 is 1.52 bits per heavy atom. The third kappa shape index (κ3) is 4.90. The monoisotopic (exact) mass is 293 g/mol. The largest absolute Gasteiger partial charge is 0.477 e. The molecule has 0 bridgehead atoms. The molecule has 2 rings (SSSR count). The Morgan fingerprint density at radius 3 is 3.19 bits per heavy atom. The number of aromatic nitrogens is 1. The maximum Gasteiger partial charge on any atom is 0.341 e. The van der Waals surface area contributed by atoms with Crippen molar-refractivity contribution in [2.45, 2.75) is 39.2 Å². The number of ether oxygens (including phenoxy) is 1. The van der Waals surface area contributed by atoms with Crippen molar-refractivity contribution in [1.29, 1.82) is 0 Å². The summed E-state index contributed by atoms with van der Waals surface area (Å²) in [5.74, 6) is 0.589. The fourth-order valence-electron chi connectivity index (χ4n) is 2.02. The van der Waals surface area contributed by atoms with E-state index in [9.17, 15) is 4.79 Å². The molecule has 0 saturated carbocycles. The van der Waals surface area contributed by atoms with E-state index in [1.54, 1.807) is 6.20 Å². The second-order valence-electron chi connectivity index (χ2n) is 4.97. The third-order valence-corrected chi connectivity index (χ3v) is 3.25. The highest BCUT2D eigenvalue weighted by molar-refractivity contribution is 5.73. The molecule has 1 aromatic rings. The molecular weight excluding hydrogens is 270 g/mol. The van der Waals surface area contributed by atoms with Gasteiger partial charge in [-0.2, -0.15) is 0 Å². The van der Waals surface area contributed by atoms with Crippen LogP contribution in [-0.4, -0.2) is 35.8 Å². The van der Waals surface area contributed by atoms with Crippen molar-refractivity contribution in [1.82, 2.24) is 15.4 Å². The Bertz CT molecular complexity index is 448. The summed E-state index contributed by atoms with van der Waals surface area (Å²) < 4.78 is 5.65. The zero-order valence-electron chi connectivity index (χ0n) is 12.5. The predicted molar refractivity (Wildman–Crippen MR) is 78.8 cm³/mol. The zero-order valence-corrected chi connectivity index (χ0v) is 12.5. The number of hydrogen-bond donors (Lipinski definition) is 1. The molecular formula is C15H23N3O3. The van der Waals surface area contributed by atoms with E-state index < -0.39 is 0 Å². The number of hydrogen-bond acceptors (Lipinski definition) is 4. The molecule has 2 amide bonds. The first-order chi connectivity index (χ1) is 10.3. The molecule has 116 valence electrons. The summed E-state index contributed by atoms with van der Waals surface area (Å²) in [4.78, 5) is 21.5. The summed E-state index contributed by atoms with van der Waals surface area (Å²) in [6.45, 7) is 4.38. The number of carbonyl (C=O) groups excluding carboxylic acids is 1. The van der Waals surface area contributed by atoms with Crippen LogP contribution in [-0.2, 0) is 11.4 Å². The van der Waals surface area contributed by atoms with Crippen LogP contribution in [0, 0.1) is 0 Å². The topological polar surface area (TPSA) is 63.7 Å². The van der Waals surface area contributed by atoms with Crippen molar-refractivity contribution in [3.05, 3.63) is 23.9 Å². The van der Waals surface area contributed by atoms with Crippen molar-refractivity contribution in [2.24, 2.45) is 0 Å². The summed E-state index contributed by atoms with van der Waals surface area (Å²) in [7, 11) is 0. The molecule has 1 aliphatic rings. The van der Waals surface area contributed by atoms with E-state index in [1.165, 1.54) is 5.06 Å². The van der Waals surface area contributed by atoms with E-state index in [1.807, 2.05) is 12.1 Å². The molecule has 6 nitrogen and oxygen atoms in total. The highest BCUT2D eigenvalue weighted by atomic mass is 16.7. The van der Waals surface area contributed by atoms with E-state index in [0.717, 1.165) is 31.2 Å². The average Bonchev–Trinajstić information content (AvgIpc) is 2.54. The Kier molecular flexibility index (Phi) is 6.27. The van der Waals surface area contributed by atoms with Gasteiger partial charge in [0.15, 0.2) is 0 Å². The standard InChI is InChI=1S/C15H23N3O3/c1-2-3-10-20-14-13(7-6-8-16-14)12-17-15(19)18-9-4-5-11-21-18/h6-8H,2-5,9-12H2,1H3,(H,17,19).